The molecule has 0 bridgehead atoms. The first-order chi connectivity index (χ1) is 8.52. The molecule has 6 heteroatoms. The second-order valence-corrected chi connectivity index (χ2v) is 4.40. The van der Waals surface area contributed by atoms with Gasteiger partial charge >= 0.3 is 0 Å². The fraction of sp³-hybridized carbons (Fsp3) is 0.250. The summed E-state index contributed by atoms with van der Waals surface area (Å²) >= 11 is 11.6. The van der Waals surface area contributed by atoms with E-state index in [1.807, 2.05) is 0 Å². The third-order valence-electron chi connectivity index (χ3n) is 2.09. The number of benzene rings is 1. The van der Waals surface area contributed by atoms with Crippen LogP contribution in [0, 0.1) is 0 Å². The lowest BCUT2D eigenvalue weighted by atomic mass is 10.2. The highest BCUT2D eigenvalue weighted by molar-refractivity contribution is 6.42. The van der Waals surface area contributed by atoms with E-state index in [1.165, 1.54) is 6.08 Å². The van der Waals surface area contributed by atoms with Crippen LogP contribution in [0.25, 0.3) is 6.08 Å². The van der Waals surface area contributed by atoms with Crippen LogP contribution in [0.4, 0.5) is 0 Å². The van der Waals surface area contributed by atoms with Gasteiger partial charge in [-0.2, -0.15) is 0 Å². The summed E-state index contributed by atoms with van der Waals surface area (Å²) in [4.78, 5) is 11.3. The number of halogens is 2. The summed E-state index contributed by atoms with van der Waals surface area (Å²) in [6, 6.07) is 4.99. The number of amides is 1. The normalized spacial score (nSPS) is 12.7. The number of aliphatic hydroxyl groups excluding tert-OH is 2. The first-order valence-electron chi connectivity index (χ1n) is 5.23. The first kappa shape index (κ1) is 15.0. The van der Waals surface area contributed by atoms with Crippen LogP contribution in [-0.2, 0) is 4.79 Å². The molecule has 0 saturated heterocycles. The van der Waals surface area contributed by atoms with Crippen LogP contribution in [0.5, 0.6) is 0 Å². The van der Waals surface area contributed by atoms with Gasteiger partial charge in [0.05, 0.1) is 22.8 Å². The average molecular weight is 290 g/mol. The second-order valence-electron chi connectivity index (χ2n) is 3.59. The molecule has 1 aromatic rings. The zero-order valence-electron chi connectivity index (χ0n) is 9.44. The van der Waals surface area contributed by atoms with Gasteiger partial charge in [0.1, 0.15) is 0 Å². The Kier molecular flexibility index (Phi) is 6.15. The minimum atomic E-state index is -0.952. The molecular weight excluding hydrogens is 277 g/mol. The van der Waals surface area contributed by atoms with E-state index < -0.39 is 12.7 Å². The fourth-order valence-corrected chi connectivity index (χ4v) is 1.44. The number of aliphatic hydroxyl groups is 2. The van der Waals surface area contributed by atoms with Crippen LogP contribution in [0.3, 0.4) is 0 Å². The fourth-order valence-electron chi connectivity index (χ4n) is 1.13. The molecule has 98 valence electrons. The molecule has 1 amide bonds. The van der Waals surface area contributed by atoms with Gasteiger partial charge in [0.15, 0.2) is 0 Å². The predicted octanol–water partition coefficient (Wildman–Crippen LogP) is 1.48. The minimum Gasteiger partial charge on any atom is -0.394 e. The van der Waals surface area contributed by atoms with Crippen molar-refractivity contribution in [1.29, 1.82) is 0 Å². The number of carbonyl (C=O) groups excluding carboxylic acids is 1. The Labute approximate surface area is 115 Å². The van der Waals surface area contributed by atoms with E-state index in [0.717, 1.165) is 5.56 Å². The van der Waals surface area contributed by atoms with Crippen LogP contribution >= 0.6 is 23.2 Å². The Morgan fingerprint density at radius 1 is 1.39 bits per heavy atom. The van der Waals surface area contributed by atoms with Crippen molar-refractivity contribution in [2.75, 3.05) is 13.2 Å². The molecule has 1 rings (SSSR count). The van der Waals surface area contributed by atoms with E-state index in [9.17, 15) is 4.79 Å². The van der Waals surface area contributed by atoms with Crippen molar-refractivity contribution in [3.63, 3.8) is 0 Å². The molecule has 1 aromatic carbocycles. The van der Waals surface area contributed by atoms with Crippen molar-refractivity contribution >= 4 is 35.2 Å². The molecule has 0 radical (unpaired) electrons. The van der Waals surface area contributed by atoms with Crippen LogP contribution in [0.1, 0.15) is 5.56 Å². The number of nitrogens with one attached hydrogen (secondary N) is 1. The van der Waals surface area contributed by atoms with Gasteiger partial charge in [-0.25, -0.2) is 0 Å². The summed E-state index contributed by atoms with van der Waals surface area (Å²) in [5.74, 6) is -0.367. The molecular formula is C12H13Cl2NO3. The van der Waals surface area contributed by atoms with Gasteiger partial charge in [0.2, 0.25) is 5.91 Å². The number of rotatable bonds is 5. The molecule has 1 atom stereocenters. The van der Waals surface area contributed by atoms with Gasteiger partial charge in [0, 0.05) is 12.6 Å². The van der Waals surface area contributed by atoms with E-state index in [2.05, 4.69) is 5.32 Å². The maximum Gasteiger partial charge on any atom is 0.244 e. The van der Waals surface area contributed by atoms with Crippen molar-refractivity contribution in [2.45, 2.75) is 6.10 Å². The zero-order chi connectivity index (χ0) is 13.5. The largest absolute Gasteiger partial charge is 0.394 e. The van der Waals surface area contributed by atoms with Crippen LogP contribution in [-0.4, -0.2) is 35.4 Å². The minimum absolute atomic E-state index is 0.00104. The lowest BCUT2D eigenvalue weighted by molar-refractivity contribution is -0.117. The summed E-state index contributed by atoms with van der Waals surface area (Å²) in [6.07, 6.45) is 1.93. The first-order valence-corrected chi connectivity index (χ1v) is 5.98. The zero-order valence-corrected chi connectivity index (χ0v) is 10.9. The standard InChI is InChI=1S/C12H13Cl2NO3/c13-10-3-1-8(5-11(10)14)2-4-12(18)15-6-9(17)7-16/h1-5,9,16-17H,6-7H2,(H,15,18). The molecule has 3 N–H and O–H groups in total. The third-order valence-corrected chi connectivity index (χ3v) is 2.83. The van der Waals surface area contributed by atoms with Crippen molar-refractivity contribution in [2.24, 2.45) is 0 Å². The molecule has 0 spiro atoms. The molecule has 0 fully saturated rings. The third kappa shape index (κ3) is 5.06. The summed E-state index contributed by atoms with van der Waals surface area (Å²) in [7, 11) is 0. The molecule has 0 saturated carbocycles. The lowest BCUT2D eigenvalue weighted by Crippen LogP contribution is -2.32. The highest BCUT2D eigenvalue weighted by Gasteiger charge is 2.03. The molecule has 0 aliphatic carbocycles. The van der Waals surface area contributed by atoms with Crippen molar-refractivity contribution in [1.82, 2.24) is 5.32 Å². The maximum absolute atomic E-state index is 11.3. The number of hydrogen-bond donors (Lipinski definition) is 3. The predicted molar refractivity (Wildman–Crippen MR) is 71.6 cm³/mol. The van der Waals surface area contributed by atoms with Gasteiger partial charge in [-0.05, 0) is 23.8 Å². The second kappa shape index (κ2) is 7.38. The Morgan fingerprint density at radius 3 is 2.72 bits per heavy atom. The summed E-state index contributed by atoms with van der Waals surface area (Å²) in [5, 5.41) is 20.9. The highest BCUT2D eigenvalue weighted by Crippen LogP contribution is 2.22. The topological polar surface area (TPSA) is 69.6 Å². The lowest BCUT2D eigenvalue weighted by Gasteiger charge is -2.06. The molecule has 1 unspecified atom stereocenters. The molecule has 0 aromatic heterocycles. The average Bonchev–Trinajstić information content (AvgIpc) is 2.37. The molecule has 0 aliphatic heterocycles. The van der Waals surface area contributed by atoms with Crippen LogP contribution in [0.15, 0.2) is 24.3 Å². The van der Waals surface area contributed by atoms with Gasteiger partial charge in [-0.3, -0.25) is 4.79 Å². The number of carbonyl (C=O) groups is 1. The molecule has 0 aliphatic rings. The molecule has 4 nitrogen and oxygen atoms in total. The summed E-state index contributed by atoms with van der Waals surface area (Å²) in [6.45, 7) is -0.391. The Hall–Kier alpha value is -1.07. The summed E-state index contributed by atoms with van der Waals surface area (Å²) < 4.78 is 0. The van der Waals surface area contributed by atoms with Crippen molar-refractivity contribution in [3.8, 4) is 0 Å². The van der Waals surface area contributed by atoms with Gasteiger partial charge < -0.3 is 15.5 Å². The SMILES string of the molecule is O=C(C=Cc1ccc(Cl)c(Cl)c1)NCC(O)CO. The van der Waals surface area contributed by atoms with E-state index in [0.29, 0.717) is 10.0 Å². The molecule has 18 heavy (non-hydrogen) atoms. The van der Waals surface area contributed by atoms with Gasteiger partial charge in [0.25, 0.3) is 0 Å². The van der Waals surface area contributed by atoms with Gasteiger partial charge in [-0.1, -0.05) is 29.3 Å². The summed E-state index contributed by atoms with van der Waals surface area (Å²) in [5.41, 5.74) is 0.738. The quantitative estimate of drug-likeness (QED) is 0.719. The Bertz CT molecular complexity index is 449. The Morgan fingerprint density at radius 2 is 2.11 bits per heavy atom. The number of hydrogen-bond acceptors (Lipinski definition) is 3. The Balaban J connectivity index is 2.53. The van der Waals surface area contributed by atoms with E-state index >= 15 is 0 Å². The molecule has 0 heterocycles. The van der Waals surface area contributed by atoms with E-state index in [4.69, 9.17) is 33.4 Å². The van der Waals surface area contributed by atoms with Crippen molar-refractivity contribution < 1.29 is 15.0 Å². The van der Waals surface area contributed by atoms with Gasteiger partial charge in [-0.15, -0.1) is 0 Å². The maximum atomic E-state index is 11.3. The van der Waals surface area contributed by atoms with E-state index in [1.54, 1.807) is 24.3 Å². The monoisotopic (exact) mass is 289 g/mol. The smallest absolute Gasteiger partial charge is 0.244 e. The highest BCUT2D eigenvalue weighted by atomic mass is 35.5. The van der Waals surface area contributed by atoms with Crippen LogP contribution in [0.2, 0.25) is 10.0 Å². The van der Waals surface area contributed by atoms with Crippen LogP contribution < -0.4 is 5.32 Å². The van der Waals surface area contributed by atoms with E-state index in [-0.39, 0.29) is 12.5 Å². The van der Waals surface area contributed by atoms with Crippen molar-refractivity contribution in [3.05, 3.63) is 39.9 Å².